The average molecular weight is 512 g/mol. The normalized spacial score (nSPS) is 11.9. The van der Waals surface area contributed by atoms with E-state index in [1.165, 1.54) is 0 Å². The third-order valence-electron chi connectivity index (χ3n) is 4.52. The lowest BCUT2D eigenvalue weighted by molar-refractivity contribution is -0.140. The van der Waals surface area contributed by atoms with Crippen molar-refractivity contribution < 1.29 is 9.59 Å². The van der Waals surface area contributed by atoms with Crippen molar-refractivity contribution in [3.63, 3.8) is 0 Å². The molecule has 0 heterocycles. The third kappa shape index (κ3) is 8.32. The summed E-state index contributed by atoms with van der Waals surface area (Å²) in [6.07, 6.45) is 0.353. The van der Waals surface area contributed by atoms with Gasteiger partial charge in [-0.25, -0.2) is 0 Å². The van der Waals surface area contributed by atoms with Gasteiger partial charge in [-0.05, 0) is 54.8 Å². The minimum absolute atomic E-state index is 0.0356. The molecule has 0 saturated heterocycles. The Kier molecular flexibility index (Phi) is 10.2. The minimum Gasteiger partial charge on any atom is -0.354 e. The molecule has 2 rings (SSSR count). The second kappa shape index (κ2) is 12.4. The molecule has 0 saturated carbocycles. The van der Waals surface area contributed by atoms with Crippen LogP contribution in [0.25, 0.3) is 0 Å². The van der Waals surface area contributed by atoms with E-state index < -0.39 is 6.04 Å². The Morgan fingerprint density at radius 3 is 2.30 bits per heavy atom. The lowest BCUT2D eigenvalue weighted by Crippen LogP contribution is -2.48. The van der Waals surface area contributed by atoms with E-state index in [9.17, 15) is 9.59 Å². The molecule has 0 spiro atoms. The summed E-state index contributed by atoms with van der Waals surface area (Å²) < 4.78 is 0.978. The highest BCUT2D eigenvalue weighted by molar-refractivity contribution is 9.10. The molecule has 0 radical (unpaired) electrons. The number of thioether (sulfide) groups is 1. The SMILES string of the molecule is CC(C)CNC(=O)C(C)N(Cc1ccc(Br)cc1)C(=O)CCSc1ccc(Cl)cc1. The zero-order valence-electron chi connectivity index (χ0n) is 17.5. The second-order valence-corrected chi connectivity index (χ2v) is 10.0. The molecule has 0 fully saturated rings. The second-order valence-electron chi connectivity index (χ2n) is 7.52. The maximum absolute atomic E-state index is 13.0. The predicted octanol–water partition coefficient (Wildman–Crippen LogP) is 5.77. The fraction of sp³-hybridized carbons (Fsp3) is 0.391. The van der Waals surface area contributed by atoms with Crippen LogP contribution in [0, 0.1) is 5.92 Å². The standard InChI is InChI=1S/C23H28BrClN2O2S/c1-16(2)14-26-23(29)17(3)27(15-18-4-6-19(24)7-5-18)22(28)12-13-30-21-10-8-20(25)9-11-21/h4-11,16-17H,12-15H2,1-3H3,(H,26,29). The number of carbonyl (C=O) groups is 2. The summed E-state index contributed by atoms with van der Waals surface area (Å²) in [5, 5.41) is 3.63. The molecule has 0 aliphatic rings. The molecule has 0 bridgehead atoms. The van der Waals surface area contributed by atoms with Crippen molar-refractivity contribution in [2.45, 2.75) is 44.7 Å². The summed E-state index contributed by atoms with van der Waals surface area (Å²) in [5.74, 6) is 0.830. The van der Waals surface area contributed by atoms with Gasteiger partial charge < -0.3 is 10.2 Å². The summed E-state index contributed by atoms with van der Waals surface area (Å²) in [5.41, 5.74) is 0.986. The van der Waals surface area contributed by atoms with Crippen molar-refractivity contribution in [1.82, 2.24) is 10.2 Å². The third-order valence-corrected chi connectivity index (χ3v) is 6.31. The van der Waals surface area contributed by atoms with Crippen molar-refractivity contribution >= 4 is 51.1 Å². The molecule has 1 N–H and O–H groups in total. The first-order valence-corrected chi connectivity index (χ1v) is 12.1. The highest BCUT2D eigenvalue weighted by Gasteiger charge is 2.25. The molecule has 4 nitrogen and oxygen atoms in total. The quantitative estimate of drug-likeness (QED) is 0.412. The molecule has 2 aromatic carbocycles. The Balaban J connectivity index is 2.04. The van der Waals surface area contributed by atoms with Gasteiger partial charge in [-0.3, -0.25) is 9.59 Å². The highest BCUT2D eigenvalue weighted by atomic mass is 79.9. The zero-order chi connectivity index (χ0) is 22.1. The highest BCUT2D eigenvalue weighted by Crippen LogP contribution is 2.22. The van der Waals surface area contributed by atoms with Crippen molar-refractivity contribution in [3.8, 4) is 0 Å². The van der Waals surface area contributed by atoms with Crippen LogP contribution in [-0.2, 0) is 16.1 Å². The fourth-order valence-corrected chi connectivity index (χ4v) is 3.98. The summed E-state index contributed by atoms with van der Waals surface area (Å²) in [6.45, 7) is 6.87. The molecule has 162 valence electrons. The molecule has 0 aliphatic carbocycles. The van der Waals surface area contributed by atoms with Crippen LogP contribution in [0.2, 0.25) is 5.02 Å². The van der Waals surface area contributed by atoms with Crippen LogP contribution < -0.4 is 5.32 Å². The first kappa shape index (κ1) is 24.8. The van der Waals surface area contributed by atoms with E-state index in [4.69, 9.17) is 11.6 Å². The Morgan fingerprint density at radius 1 is 1.07 bits per heavy atom. The predicted molar refractivity (Wildman–Crippen MR) is 129 cm³/mol. The fourth-order valence-electron chi connectivity index (χ4n) is 2.75. The Morgan fingerprint density at radius 2 is 1.70 bits per heavy atom. The van der Waals surface area contributed by atoms with Crippen molar-refractivity contribution in [2.75, 3.05) is 12.3 Å². The maximum Gasteiger partial charge on any atom is 0.242 e. The van der Waals surface area contributed by atoms with Crippen LogP contribution in [-0.4, -0.2) is 35.1 Å². The number of nitrogens with zero attached hydrogens (tertiary/aromatic N) is 1. The van der Waals surface area contributed by atoms with E-state index >= 15 is 0 Å². The number of hydrogen-bond donors (Lipinski definition) is 1. The molecule has 7 heteroatoms. The Labute approximate surface area is 196 Å². The van der Waals surface area contributed by atoms with Crippen LogP contribution in [0.5, 0.6) is 0 Å². The summed E-state index contributed by atoms with van der Waals surface area (Å²) in [4.78, 5) is 28.4. The van der Waals surface area contributed by atoms with Crippen LogP contribution in [0.3, 0.4) is 0 Å². The molecule has 30 heavy (non-hydrogen) atoms. The molecular weight excluding hydrogens is 484 g/mol. The van der Waals surface area contributed by atoms with Crippen LogP contribution >= 0.6 is 39.3 Å². The summed E-state index contributed by atoms with van der Waals surface area (Å²) in [7, 11) is 0. The summed E-state index contributed by atoms with van der Waals surface area (Å²) in [6, 6.07) is 14.8. The van der Waals surface area contributed by atoms with E-state index in [1.54, 1.807) is 23.6 Å². The molecule has 0 aromatic heterocycles. The lowest BCUT2D eigenvalue weighted by atomic mass is 10.1. The molecule has 2 aromatic rings. The van der Waals surface area contributed by atoms with Gasteiger partial charge in [-0.2, -0.15) is 0 Å². The van der Waals surface area contributed by atoms with Gasteiger partial charge in [-0.15, -0.1) is 11.8 Å². The van der Waals surface area contributed by atoms with Gasteiger partial charge in [0.2, 0.25) is 11.8 Å². The average Bonchev–Trinajstić information content (AvgIpc) is 2.72. The number of carbonyl (C=O) groups excluding carboxylic acids is 2. The van der Waals surface area contributed by atoms with E-state index in [0.29, 0.717) is 36.2 Å². The van der Waals surface area contributed by atoms with Crippen LogP contribution in [0.1, 0.15) is 32.8 Å². The lowest BCUT2D eigenvalue weighted by Gasteiger charge is -2.29. The van der Waals surface area contributed by atoms with Crippen molar-refractivity contribution in [2.24, 2.45) is 5.92 Å². The molecule has 0 aliphatic heterocycles. The first-order valence-electron chi connectivity index (χ1n) is 9.96. The summed E-state index contributed by atoms with van der Waals surface area (Å²) >= 11 is 11.0. The molecule has 1 atom stereocenters. The van der Waals surface area contributed by atoms with Gasteiger partial charge >= 0.3 is 0 Å². The van der Waals surface area contributed by atoms with Gasteiger partial charge in [0.25, 0.3) is 0 Å². The number of rotatable bonds is 10. The molecule has 2 amide bonds. The van der Waals surface area contributed by atoms with Crippen LogP contribution in [0.15, 0.2) is 57.9 Å². The smallest absolute Gasteiger partial charge is 0.242 e. The monoisotopic (exact) mass is 510 g/mol. The van der Waals surface area contributed by atoms with Gasteiger partial charge in [0, 0.05) is 39.7 Å². The van der Waals surface area contributed by atoms with E-state index in [1.807, 2.05) is 62.4 Å². The van der Waals surface area contributed by atoms with E-state index in [0.717, 1.165) is 14.9 Å². The zero-order valence-corrected chi connectivity index (χ0v) is 20.7. The van der Waals surface area contributed by atoms with Gasteiger partial charge in [0.1, 0.15) is 6.04 Å². The maximum atomic E-state index is 13.0. The molecular formula is C23H28BrClN2O2S. The van der Waals surface area contributed by atoms with Crippen molar-refractivity contribution in [3.05, 3.63) is 63.6 Å². The van der Waals surface area contributed by atoms with Crippen molar-refractivity contribution in [1.29, 1.82) is 0 Å². The largest absolute Gasteiger partial charge is 0.354 e. The molecule has 1 unspecified atom stereocenters. The van der Waals surface area contributed by atoms with Gasteiger partial charge in [0.15, 0.2) is 0 Å². The number of benzene rings is 2. The van der Waals surface area contributed by atoms with E-state index in [2.05, 4.69) is 21.2 Å². The number of nitrogens with one attached hydrogen (secondary N) is 1. The first-order chi connectivity index (χ1) is 14.3. The van der Waals surface area contributed by atoms with Gasteiger partial charge in [0.05, 0.1) is 0 Å². The van der Waals surface area contributed by atoms with Crippen LogP contribution in [0.4, 0.5) is 0 Å². The minimum atomic E-state index is -0.541. The number of amides is 2. The topological polar surface area (TPSA) is 49.4 Å². The van der Waals surface area contributed by atoms with E-state index in [-0.39, 0.29) is 11.8 Å². The number of hydrogen-bond acceptors (Lipinski definition) is 3. The Hall–Kier alpha value is -1.50. The van der Waals surface area contributed by atoms with Gasteiger partial charge in [-0.1, -0.05) is 53.5 Å². The Bertz CT molecular complexity index is 828. The number of halogens is 2.